The number of benzene rings is 1. The highest BCUT2D eigenvalue weighted by Crippen LogP contribution is 2.25. The molecule has 3 nitrogen and oxygen atoms in total. The van der Waals surface area contributed by atoms with Crippen molar-refractivity contribution < 1.29 is 9.13 Å². The van der Waals surface area contributed by atoms with Crippen LogP contribution in [-0.4, -0.2) is 19.8 Å². The number of nitrogen functional groups attached to an aromatic ring is 1. The first kappa shape index (κ1) is 15.1. The molecule has 1 aromatic carbocycles. The van der Waals surface area contributed by atoms with Crippen LogP contribution < -0.4 is 11.1 Å². The van der Waals surface area contributed by atoms with E-state index in [1.807, 2.05) is 0 Å². The van der Waals surface area contributed by atoms with Crippen molar-refractivity contribution in [1.29, 1.82) is 0 Å². The molecular weight excluding hydrogens is 255 g/mol. The van der Waals surface area contributed by atoms with Gasteiger partial charge in [-0.1, -0.05) is 25.4 Å². The molecule has 0 radical (unpaired) electrons. The monoisotopic (exact) mass is 274 g/mol. The molecule has 0 aliphatic rings. The Morgan fingerprint density at radius 2 is 2.17 bits per heavy atom. The second-order valence-electron chi connectivity index (χ2n) is 4.60. The average molecular weight is 275 g/mol. The van der Waals surface area contributed by atoms with Gasteiger partial charge in [0, 0.05) is 25.8 Å². The van der Waals surface area contributed by atoms with Gasteiger partial charge in [-0.25, -0.2) is 4.39 Å². The van der Waals surface area contributed by atoms with E-state index in [0.717, 1.165) is 13.0 Å². The number of nitrogens with one attached hydrogen (secondary N) is 1. The summed E-state index contributed by atoms with van der Waals surface area (Å²) in [6.07, 6.45) is 0.844. The average Bonchev–Trinajstić information content (AvgIpc) is 2.29. The molecule has 0 unspecified atom stereocenters. The largest absolute Gasteiger partial charge is 0.397 e. The number of ether oxygens (including phenoxy) is 1. The minimum absolute atomic E-state index is 0.0401. The number of nitrogens with two attached hydrogens (primary N) is 1. The Labute approximate surface area is 112 Å². The van der Waals surface area contributed by atoms with E-state index in [1.165, 1.54) is 12.1 Å². The molecule has 0 saturated carbocycles. The smallest absolute Gasteiger partial charge is 0.143 e. The first-order valence-electron chi connectivity index (χ1n) is 6.07. The molecule has 102 valence electrons. The van der Waals surface area contributed by atoms with Gasteiger partial charge in [-0.2, -0.15) is 0 Å². The molecule has 0 spiro atoms. The number of rotatable bonds is 7. The Morgan fingerprint density at radius 1 is 1.44 bits per heavy atom. The third-order valence-corrected chi connectivity index (χ3v) is 2.61. The molecule has 0 bridgehead atoms. The summed E-state index contributed by atoms with van der Waals surface area (Å²) in [5.41, 5.74) is 6.74. The molecular formula is C13H20ClFN2O. The molecule has 18 heavy (non-hydrogen) atoms. The van der Waals surface area contributed by atoms with Crippen LogP contribution in [0, 0.1) is 11.7 Å². The number of anilines is 2. The van der Waals surface area contributed by atoms with Crippen LogP contribution in [0.3, 0.4) is 0 Å². The fourth-order valence-corrected chi connectivity index (χ4v) is 1.60. The van der Waals surface area contributed by atoms with Crippen molar-refractivity contribution in [2.75, 3.05) is 30.8 Å². The molecule has 0 saturated heterocycles. The Hall–Kier alpha value is -1.00. The van der Waals surface area contributed by atoms with Crippen molar-refractivity contribution in [1.82, 2.24) is 0 Å². The van der Waals surface area contributed by atoms with Crippen LogP contribution in [0.25, 0.3) is 0 Å². The fraction of sp³-hybridized carbons (Fsp3) is 0.538. The number of halogens is 2. The summed E-state index contributed by atoms with van der Waals surface area (Å²) in [5, 5.41) is 3.11. The molecule has 0 amide bonds. The lowest BCUT2D eigenvalue weighted by atomic mass is 10.2. The summed E-state index contributed by atoms with van der Waals surface area (Å²) in [6, 6.07) is 2.72. The predicted octanol–water partition coefficient (Wildman–Crippen LogP) is 3.54. The zero-order valence-corrected chi connectivity index (χ0v) is 11.6. The van der Waals surface area contributed by atoms with E-state index in [0.29, 0.717) is 30.4 Å². The number of hydrogen-bond acceptors (Lipinski definition) is 3. The molecule has 1 aromatic rings. The first-order chi connectivity index (χ1) is 8.50. The van der Waals surface area contributed by atoms with Gasteiger partial charge in [0.2, 0.25) is 0 Å². The van der Waals surface area contributed by atoms with E-state index in [1.54, 1.807) is 0 Å². The highest BCUT2D eigenvalue weighted by molar-refractivity contribution is 6.31. The Kier molecular flexibility index (Phi) is 6.22. The molecule has 0 aliphatic carbocycles. The van der Waals surface area contributed by atoms with Crippen molar-refractivity contribution in [2.45, 2.75) is 20.3 Å². The summed E-state index contributed by atoms with van der Waals surface area (Å²) < 4.78 is 18.7. The fourth-order valence-electron chi connectivity index (χ4n) is 1.43. The summed E-state index contributed by atoms with van der Waals surface area (Å²) in [7, 11) is 0. The maximum absolute atomic E-state index is 13.2. The minimum Gasteiger partial charge on any atom is -0.397 e. The zero-order chi connectivity index (χ0) is 13.5. The minimum atomic E-state index is -0.468. The van der Waals surface area contributed by atoms with E-state index in [-0.39, 0.29) is 5.02 Å². The molecule has 0 atom stereocenters. The van der Waals surface area contributed by atoms with Crippen LogP contribution >= 0.6 is 11.6 Å². The van der Waals surface area contributed by atoms with Gasteiger partial charge in [-0.05, 0) is 18.4 Å². The van der Waals surface area contributed by atoms with Crippen LogP contribution in [0.15, 0.2) is 12.1 Å². The highest BCUT2D eigenvalue weighted by atomic mass is 35.5. The van der Waals surface area contributed by atoms with Crippen molar-refractivity contribution in [3.8, 4) is 0 Å². The zero-order valence-electron chi connectivity index (χ0n) is 10.8. The van der Waals surface area contributed by atoms with Gasteiger partial charge in [0.05, 0.1) is 16.4 Å². The van der Waals surface area contributed by atoms with Crippen LogP contribution in [0.2, 0.25) is 5.02 Å². The summed E-state index contributed by atoms with van der Waals surface area (Å²) in [4.78, 5) is 0. The quantitative estimate of drug-likeness (QED) is 0.591. The van der Waals surface area contributed by atoms with E-state index in [4.69, 9.17) is 22.1 Å². The van der Waals surface area contributed by atoms with Gasteiger partial charge >= 0.3 is 0 Å². The van der Waals surface area contributed by atoms with Gasteiger partial charge < -0.3 is 15.8 Å². The van der Waals surface area contributed by atoms with Gasteiger partial charge in [0.1, 0.15) is 5.82 Å². The summed E-state index contributed by atoms with van der Waals surface area (Å²) >= 11 is 5.62. The number of hydrogen-bond donors (Lipinski definition) is 2. The van der Waals surface area contributed by atoms with Crippen molar-refractivity contribution in [3.05, 3.63) is 23.0 Å². The molecule has 0 aliphatic heterocycles. The normalized spacial score (nSPS) is 10.9. The van der Waals surface area contributed by atoms with Gasteiger partial charge in [0.15, 0.2) is 0 Å². The second kappa shape index (κ2) is 7.44. The lowest BCUT2D eigenvalue weighted by molar-refractivity contribution is 0.110. The van der Waals surface area contributed by atoms with Crippen LogP contribution in [0.4, 0.5) is 15.8 Å². The predicted molar refractivity (Wildman–Crippen MR) is 74.6 cm³/mol. The highest BCUT2D eigenvalue weighted by Gasteiger charge is 2.05. The summed E-state index contributed by atoms with van der Waals surface area (Å²) in [5.74, 6) is 0.0726. The third kappa shape index (κ3) is 5.10. The van der Waals surface area contributed by atoms with E-state index < -0.39 is 5.82 Å². The first-order valence-corrected chi connectivity index (χ1v) is 6.44. The summed E-state index contributed by atoms with van der Waals surface area (Å²) in [6.45, 7) is 6.34. The molecule has 0 heterocycles. The standard InChI is InChI=1S/C13H20ClFN2O/c1-9(2)8-18-5-3-4-17-13-7-11(15)10(14)6-12(13)16/h6-7,9,17H,3-5,8,16H2,1-2H3. The van der Waals surface area contributed by atoms with Crippen LogP contribution in [0.5, 0.6) is 0 Å². The van der Waals surface area contributed by atoms with Gasteiger partial charge in [0.25, 0.3) is 0 Å². The van der Waals surface area contributed by atoms with E-state index >= 15 is 0 Å². The molecule has 0 fully saturated rings. The van der Waals surface area contributed by atoms with E-state index in [2.05, 4.69) is 19.2 Å². The lowest BCUT2D eigenvalue weighted by Gasteiger charge is -2.11. The SMILES string of the molecule is CC(C)COCCCNc1cc(F)c(Cl)cc1N. The molecule has 0 aromatic heterocycles. The molecule has 1 rings (SSSR count). The Morgan fingerprint density at radius 3 is 2.83 bits per heavy atom. The topological polar surface area (TPSA) is 47.3 Å². The van der Waals surface area contributed by atoms with Crippen molar-refractivity contribution in [3.63, 3.8) is 0 Å². The maximum Gasteiger partial charge on any atom is 0.143 e. The maximum atomic E-state index is 13.2. The van der Waals surface area contributed by atoms with Crippen LogP contribution in [-0.2, 0) is 4.74 Å². The Bertz CT molecular complexity index is 385. The van der Waals surface area contributed by atoms with Gasteiger partial charge in [-0.3, -0.25) is 0 Å². The van der Waals surface area contributed by atoms with Crippen molar-refractivity contribution in [2.24, 2.45) is 5.92 Å². The van der Waals surface area contributed by atoms with Crippen molar-refractivity contribution >= 4 is 23.0 Å². The van der Waals surface area contributed by atoms with E-state index in [9.17, 15) is 4.39 Å². The van der Waals surface area contributed by atoms with Gasteiger partial charge in [-0.15, -0.1) is 0 Å². The van der Waals surface area contributed by atoms with Crippen LogP contribution in [0.1, 0.15) is 20.3 Å². The molecule has 3 N–H and O–H groups in total. The third-order valence-electron chi connectivity index (χ3n) is 2.32. The Balaban J connectivity index is 2.29. The molecule has 5 heteroatoms. The lowest BCUT2D eigenvalue weighted by Crippen LogP contribution is -2.09. The second-order valence-corrected chi connectivity index (χ2v) is 5.01.